The molecular weight excluding hydrogens is 736 g/mol. The number of hydroxylamine groups is 1. The van der Waals surface area contributed by atoms with Crippen LogP contribution in [0.1, 0.15) is 26.7 Å². The first-order chi connectivity index (χ1) is 21.9. The number of phosphoric ester groups is 1. The first-order valence-corrected chi connectivity index (χ1v) is 21.1. The number of hydrogen-bond acceptors (Lipinski definition) is 17. The highest BCUT2D eigenvalue weighted by molar-refractivity contribution is 8.77. The molecule has 47 heavy (non-hydrogen) atoms. The van der Waals surface area contributed by atoms with E-state index in [1.807, 2.05) is 19.3 Å². The van der Waals surface area contributed by atoms with Gasteiger partial charge in [0, 0.05) is 30.3 Å². The van der Waals surface area contributed by atoms with Gasteiger partial charge < -0.3 is 58.5 Å². The van der Waals surface area contributed by atoms with Crippen molar-refractivity contribution in [1.82, 2.24) is 10.8 Å². The van der Waals surface area contributed by atoms with Gasteiger partial charge in [-0.25, -0.2) is 19.2 Å². The normalized spacial score (nSPS) is 21.4. The number of phosphoric acid groups is 3. The van der Waals surface area contributed by atoms with Gasteiger partial charge in [0.1, 0.15) is 19.9 Å². The van der Waals surface area contributed by atoms with Crippen LogP contribution in [0.3, 0.4) is 0 Å². The molecule has 1 saturated heterocycles. The number of hydrogen-bond donors (Lipinski definition) is 7. The van der Waals surface area contributed by atoms with Crippen molar-refractivity contribution in [2.45, 2.75) is 49.6 Å². The lowest BCUT2D eigenvalue weighted by molar-refractivity contribution is -0.122. The average Bonchev–Trinajstić information content (AvgIpc) is 3.30. The van der Waals surface area contributed by atoms with E-state index in [1.165, 1.54) is 21.6 Å². The van der Waals surface area contributed by atoms with E-state index in [-0.39, 0.29) is 35.6 Å². The molecule has 1 heterocycles. The molecule has 0 saturated carbocycles. The number of amides is 1. The SMILES string of the molecule is B[C@H]1C[C@@H](OCSSC(C)(C)CNC(=O)CCOCCOCCOCCOCCNO)[C@@H](COP(=O)(O)OP(=O)(O)OP(=O)(O)O)O1. The van der Waals surface area contributed by atoms with Gasteiger partial charge in [-0.15, -0.1) is 0 Å². The maximum Gasteiger partial charge on any atom is 0.490 e. The van der Waals surface area contributed by atoms with E-state index in [1.54, 1.807) is 7.85 Å². The molecule has 20 nitrogen and oxygen atoms in total. The van der Waals surface area contributed by atoms with Crippen LogP contribution in [0.15, 0.2) is 0 Å². The van der Waals surface area contributed by atoms with E-state index in [2.05, 4.69) is 18.5 Å². The number of carbonyl (C=O) groups excluding carboxylic acids is 1. The Bertz CT molecular complexity index is 1030. The highest BCUT2D eigenvalue weighted by Gasteiger charge is 2.42. The zero-order valence-corrected chi connectivity index (χ0v) is 30.6. The second-order valence-corrected chi connectivity index (χ2v) is 17.6. The Hall–Kier alpha value is 0.325. The van der Waals surface area contributed by atoms with Gasteiger partial charge in [0.2, 0.25) is 5.91 Å². The van der Waals surface area contributed by atoms with Crippen molar-refractivity contribution < 1.29 is 84.8 Å². The summed E-state index contributed by atoms with van der Waals surface area (Å²) in [5.74, 6) is 0.0242. The van der Waals surface area contributed by atoms with Gasteiger partial charge in [-0.3, -0.25) is 9.32 Å². The molecule has 1 aliphatic heterocycles. The lowest BCUT2D eigenvalue weighted by Gasteiger charge is -2.24. The Morgan fingerprint density at radius 3 is 2.06 bits per heavy atom. The predicted molar refractivity (Wildman–Crippen MR) is 171 cm³/mol. The molecule has 1 aliphatic rings. The van der Waals surface area contributed by atoms with Crippen LogP contribution in [0.4, 0.5) is 0 Å². The van der Waals surface area contributed by atoms with Crippen molar-refractivity contribution in [3.8, 4) is 0 Å². The molecular formula is C21H46BN2O18P3S2. The third-order valence-electron chi connectivity index (χ3n) is 5.48. The van der Waals surface area contributed by atoms with Crippen LogP contribution < -0.4 is 10.8 Å². The Kier molecular flexibility index (Phi) is 22.9. The second kappa shape index (κ2) is 23.7. The van der Waals surface area contributed by atoms with Crippen LogP contribution in [0.2, 0.25) is 0 Å². The molecule has 7 N–H and O–H groups in total. The first-order valence-electron chi connectivity index (χ1n) is 14.2. The standard InChI is InChI=1S/C21H46BN2O18P3S2/c1-21(2,15-23-20(25)3-5-34-7-9-36-11-12-37-10-8-35-6-4-24-26)47-46-16-38-17-13-19(22)40-18(17)14-39-44(30,31)42-45(32,33)41-43(27,28)29/h17-19,24,26H,3-16,22H2,1-2H3,(H,23,25)(H,30,31)(H,32,33)(H2,27,28,29)/t17-,18-,19-/m1/s1. The van der Waals surface area contributed by atoms with Crippen LogP contribution >= 0.6 is 45.1 Å². The monoisotopic (exact) mass is 782 g/mol. The minimum atomic E-state index is -5.62. The lowest BCUT2D eigenvalue weighted by atomic mass is 9.96. The zero-order chi connectivity index (χ0) is 35.4. The van der Waals surface area contributed by atoms with Gasteiger partial charge in [-0.2, -0.15) is 8.62 Å². The van der Waals surface area contributed by atoms with Crippen LogP contribution in [-0.4, -0.2) is 140 Å². The number of ether oxygens (including phenoxy) is 6. The molecule has 0 spiro atoms. The predicted octanol–water partition coefficient (Wildman–Crippen LogP) is 0.132. The van der Waals surface area contributed by atoms with Crippen molar-refractivity contribution in [3.05, 3.63) is 0 Å². The molecule has 278 valence electrons. The van der Waals surface area contributed by atoms with E-state index in [9.17, 15) is 28.3 Å². The Morgan fingerprint density at radius 2 is 1.49 bits per heavy atom. The summed E-state index contributed by atoms with van der Waals surface area (Å²) >= 11 is 0. The highest BCUT2D eigenvalue weighted by Crippen LogP contribution is 2.66. The lowest BCUT2D eigenvalue weighted by Crippen LogP contribution is -2.36. The summed E-state index contributed by atoms with van der Waals surface area (Å²) in [4.78, 5) is 48.4. The Labute approximate surface area is 282 Å². The second-order valence-electron chi connectivity index (χ2n) is 10.3. The summed E-state index contributed by atoms with van der Waals surface area (Å²) in [7, 11) is -11.8. The molecule has 0 radical (unpaired) electrons. The molecule has 0 aromatic rings. The topological polar surface area (TPSA) is 277 Å². The maximum atomic E-state index is 12.2. The third-order valence-corrected chi connectivity index (χ3v) is 12.2. The largest absolute Gasteiger partial charge is 0.490 e. The minimum Gasteiger partial charge on any atom is -0.379 e. The van der Waals surface area contributed by atoms with Gasteiger partial charge in [0.15, 0.2) is 0 Å². The molecule has 1 fully saturated rings. The summed E-state index contributed by atoms with van der Waals surface area (Å²) in [6, 6.07) is -0.298. The summed E-state index contributed by atoms with van der Waals surface area (Å²) in [6.45, 7) is 7.03. The Morgan fingerprint density at radius 1 is 0.915 bits per heavy atom. The third kappa shape index (κ3) is 25.0. The van der Waals surface area contributed by atoms with Gasteiger partial charge in [-0.05, 0) is 20.3 Å². The first kappa shape index (κ1) is 45.3. The van der Waals surface area contributed by atoms with Crippen molar-refractivity contribution in [1.29, 1.82) is 0 Å². The molecule has 1 amide bonds. The van der Waals surface area contributed by atoms with Crippen molar-refractivity contribution in [2.24, 2.45) is 0 Å². The molecule has 2 unspecified atom stereocenters. The quantitative estimate of drug-likeness (QED) is 0.0133. The van der Waals surface area contributed by atoms with Crippen molar-refractivity contribution >= 4 is 58.8 Å². The minimum absolute atomic E-state index is 0.165. The van der Waals surface area contributed by atoms with E-state index in [0.717, 1.165) is 0 Å². The van der Waals surface area contributed by atoms with Gasteiger partial charge in [0.05, 0.1) is 65.6 Å². The highest BCUT2D eigenvalue weighted by atomic mass is 33.1. The van der Waals surface area contributed by atoms with Crippen molar-refractivity contribution in [3.63, 3.8) is 0 Å². The van der Waals surface area contributed by atoms with E-state index >= 15 is 0 Å². The van der Waals surface area contributed by atoms with E-state index < -0.39 is 42.3 Å². The van der Waals surface area contributed by atoms with E-state index in [0.29, 0.717) is 65.8 Å². The fraction of sp³-hybridized carbons (Fsp3) is 0.952. The smallest absolute Gasteiger partial charge is 0.379 e. The zero-order valence-electron chi connectivity index (χ0n) is 26.3. The fourth-order valence-corrected chi connectivity index (χ4v) is 8.69. The van der Waals surface area contributed by atoms with Gasteiger partial charge in [-0.1, -0.05) is 21.6 Å². The number of nitrogens with one attached hydrogen (secondary N) is 2. The van der Waals surface area contributed by atoms with Crippen LogP contribution in [0, 0.1) is 0 Å². The summed E-state index contributed by atoms with van der Waals surface area (Å²) in [6.07, 6.45) is -0.821. The molecule has 0 aromatic carbocycles. The molecule has 0 aliphatic carbocycles. The maximum absolute atomic E-state index is 12.2. The summed E-state index contributed by atoms with van der Waals surface area (Å²) < 4.78 is 78.7. The summed E-state index contributed by atoms with van der Waals surface area (Å²) in [5, 5.41) is 11.3. The average molecular weight is 782 g/mol. The van der Waals surface area contributed by atoms with Crippen LogP contribution in [-0.2, 0) is 60.1 Å². The van der Waals surface area contributed by atoms with Gasteiger partial charge in [0.25, 0.3) is 0 Å². The molecule has 0 bridgehead atoms. The van der Waals surface area contributed by atoms with Crippen LogP contribution in [0.25, 0.3) is 0 Å². The van der Waals surface area contributed by atoms with Crippen LogP contribution in [0.5, 0.6) is 0 Å². The van der Waals surface area contributed by atoms with Gasteiger partial charge >= 0.3 is 23.5 Å². The molecule has 0 aromatic heterocycles. The summed E-state index contributed by atoms with van der Waals surface area (Å²) in [5.41, 5.74) is 1.99. The molecule has 26 heteroatoms. The number of carbonyl (C=O) groups is 1. The number of rotatable bonds is 29. The molecule has 5 atom stereocenters. The molecule has 1 rings (SSSR count). The fourth-order valence-electron chi connectivity index (χ4n) is 3.49. The van der Waals surface area contributed by atoms with Crippen molar-refractivity contribution in [2.75, 3.05) is 78.5 Å². The van der Waals surface area contributed by atoms with E-state index in [4.69, 9.17) is 43.4 Å². The Balaban J connectivity index is 2.18.